The molecule has 0 atom stereocenters. The first-order valence-corrected chi connectivity index (χ1v) is 6.34. The number of aryl methyl sites for hydroxylation is 1. The van der Waals surface area contributed by atoms with Gasteiger partial charge in [-0.25, -0.2) is 0 Å². The molecule has 0 aliphatic rings. The summed E-state index contributed by atoms with van der Waals surface area (Å²) >= 11 is 0. The molecule has 3 nitrogen and oxygen atoms in total. The van der Waals surface area contributed by atoms with E-state index in [1.165, 1.54) is 4.74 Å². The van der Waals surface area contributed by atoms with E-state index in [9.17, 15) is 4.79 Å². The van der Waals surface area contributed by atoms with Crippen LogP contribution in [0.3, 0.4) is 0 Å². The highest BCUT2D eigenvalue weighted by Gasteiger charge is 2.33. The summed E-state index contributed by atoms with van der Waals surface area (Å²) in [5.41, 5.74) is 0.533. The van der Waals surface area contributed by atoms with E-state index < -0.39 is 0 Å². The number of rotatable bonds is 2. The lowest BCUT2D eigenvalue weighted by Gasteiger charge is -2.22. The van der Waals surface area contributed by atoms with Gasteiger partial charge in [0.05, 0.1) is 12.1 Å². The van der Waals surface area contributed by atoms with Crippen LogP contribution in [0.1, 0.15) is 66.2 Å². The molecule has 0 bridgehead atoms. The van der Waals surface area contributed by atoms with Crippen LogP contribution < -0.4 is 5.56 Å². The normalized spacial score (nSPS) is 13.1. The average molecular weight is 239 g/mol. The standard InChI is InChI=1S/C14H25NO2/c1-8-9-15-12(16)10(13(2,3)4)11(17-15)14(5,6)7/h8-9H2,1-7H3. The maximum absolute atomic E-state index is 12.3. The minimum absolute atomic E-state index is 0.0317. The molecule has 0 spiro atoms. The third-order valence-corrected chi connectivity index (χ3v) is 2.73. The van der Waals surface area contributed by atoms with Gasteiger partial charge in [-0.1, -0.05) is 48.5 Å². The van der Waals surface area contributed by atoms with E-state index in [0.717, 1.165) is 17.7 Å². The SMILES string of the molecule is CCCn1oc(C(C)(C)C)c(C(C)(C)C)c1=O. The predicted molar refractivity (Wildman–Crippen MR) is 70.7 cm³/mol. The van der Waals surface area contributed by atoms with Gasteiger partial charge in [0, 0.05) is 5.41 Å². The molecule has 1 aromatic rings. The van der Waals surface area contributed by atoms with Crippen molar-refractivity contribution in [2.45, 2.75) is 72.3 Å². The first-order chi connectivity index (χ1) is 7.59. The lowest BCUT2D eigenvalue weighted by atomic mass is 9.80. The molecule has 0 radical (unpaired) electrons. The van der Waals surface area contributed by atoms with Crippen LogP contribution in [0.25, 0.3) is 0 Å². The van der Waals surface area contributed by atoms with Crippen molar-refractivity contribution in [1.29, 1.82) is 0 Å². The molecule has 0 amide bonds. The minimum Gasteiger partial charge on any atom is -0.380 e. The van der Waals surface area contributed by atoms with Crippen molar-refractivity contribution in [3.05, 3.63) is 21.7 Å². The van der Waals surface area contributed by atoms with E-state index in [-0.39, 0.29) is 16.4 Å². The topological polar surface area (TPSA) is 35.1 Å². The average Bonchev–Trinajstić information content (AvgIpc) is 2.43. The van der Waals surface area contributed by atoms with Crippen LogP contribution in [0, 0.1) is 0 Å². The van der Waals surface area contributed by atoms with Gasteiger partial charge >= 0.3 is 0 Å². The third kappa shape index (κ3) is 2.82. The fourth-order valence-electron chi connectivity index (χ4n) is 1.94. The number of nitrogens with zero attached hydrogens (tertiary/aromatic N) is 1. The first kappa shape index (κ1) is 14.1. The Bertz CT molecular complexity index is 438. The lowest BCUT2D eigenvalue weighted by Crippen LogP contribution is -2.28. The quantitative estimate of drug-likeness (QED) is 0.792. The van der Waals surface area contributed by atoms with Crippen molar-refractivity contribution in [3.8, 4) is 0 Å². The Labute approximate surface area is 104 Å². The van der Waals surface area contributed by atoms with E-state index in [4.69, 9.17) is 4.52 Å². The van der Waals surface area contributed by atoms with Crippen molar-refractivity contribution in [2.24, 2.45) is 0 Å². The van der Waals surface area contributed by atoms with Crippen LogP contribution in [0.4, 0.5) is 0 Å². The monoisotopic (exact) mass is 239 g/mol. The molecule has 1 heterocycles. The summed E-state index contributed by atoms with van der Waals surface area (Å²) in [4.78, 5) is 12.3. The summed E-state index contributed by atoms with van der Waals surface area (Å²) in [5, 5.41) is 0. The van der Waals surface area contributed by atoms with Crippen molar-refractivity contribution >= 4 is 0 Å². The van der Waals surface area contributed by atoms with E-state index >= 15 is 0 Å². The molecule has 0 unspecified atom stereocenters. The van der Waals surface area contributed by atoms with Gasteiger partial charge in [0.1, 0.15) is 5.76 Å². The molecule has 0 aliphatic heterocycles. The Hall–Kier alpha value is -0.990. The molecule has 1 rings (SSSR count). The Morgan fingerprint density at radius 3 is 1.88 bits per heavy atom. The maximum atomic E-state index is 12.3. The Morgan fingerprint density at radius 2 is 1.59 bits per heavy atom. The van der Waals surface area contributed by atoms with Crippen molar-refractivity contribution in [3.63, 3.8) is 0 Å². The second-order valence-corrected chi connectivity index (χ2v) is 6.70. The molecule has 0 aromatic carbocycles. The Morgan fingerprint density at radius 1 is 1.06 bits per heavy atom. The van der Waals surface area contributed by atoms with Gasteiger partial charge in [0.15, 0.2) is 0 Å². The summed E-state index contributed by atoms with van der Waals surface area (Å²) in [5.74, 6) is 0.823. The molecule has 0 aliphatic carbocycles. The van der Waals surface area contributed by atoms with Crippen LogP contribution in [0.2, 0.25) is 0 Å². The molecule has 0 N–H and O–H groups in total. The zero-order chi connectivity index (χ0) is 13.4. The molecule has 0 fully saturated rings. The second-order valence-electron chi connectivity index (χ2n) is 6.70. The lowest BCUT2D eigenvalue weighted by molar-refractivity contribution is 0.217. The van der Waals surface area contributed by atoms with Crippen molar-refractivity contribution in [1.82, 2.24) is 4.74 Å². The van der Waals surface area contributed by atoms with Gasteiger partial charge in [-0.15, -0.1) is 0 Å². The van der Waals surface area contributed by atoms with Crippen molar-refractivity contribution in [2.75, 3.05) is 0 Å². The van der Waals surface area contributed by atoms with E-state index in [2.05, 4.69) is 41.5 Å². The Kier molecular flexibility index (Phi) is 3.60. The van der Waals surface area contributed by atoms with Gasteiger partial charge in [-0.3, -0.25) is 4.79 Å². The molecule has 0 saturated carbocycles. The zero-order valence-corrected chi connectivity index (χ0v) is 12.2. The number of aromatic nitrogens is 1. The summed E-state index contributed by atoms with van der Waals surface area (Å²) < 4.78 is 7.28. The van der Waals surface area contributed by atoms with Crippen LogP contribution in [-0.2, 0) is 17.4 Å². The highest BCUT2D eigenvalue weighted by Crippen LogP contribution is 2.31. The van der Waals surface area contributed by atoms with Gasteiger partial charge in [-0.05, 0) is 11.8 Å². The van der Waals surface area contributed by atoms with Crippen molar-refractivity contribution < 1.29 is 4.52 Å². The molecule has 17 heavy (non-hydrogen) atoms. The zero-order valence-electron chi connectivity index (χ0n) is 12.2. The smallest absolute Gasteiger partial charge is 0.286 e. The number of hydrogen-bond acceptors (Lipinski definition) is 2. The largest absolute Gasteiger partial charge is 0.380 e. The summed E-state index contributed by atoms with van der Waals surface area (Å²) in [6.07, 6.45) is 0.903. The highest BCUT2D eigenvalue weighted by molar-refractivity contribution is 5.28. The van der Waals surface area contributed by atoms with Crippen LogP contribution in [0.15, 0.2) is 9.32 Å². The molecular formula is C14H25NO2. The molecule has 0 saturated heterocycles. The molecule has 1 aromatic heterocycles. The highest BCUT2D eigenvalue weighted by atomic mass is 16.5. The number of hydrogen-bond donors (Lipinski definition) is 0. The van der Waals surface area contributed by atoms with Gasteiger partial charge in [0.2, 0.25) is 0 Å². The molecular weight excluding hydrogens is 214 g/mol. The minimum atomic E-state index is -0.178. The van der Waals surface area contributed by atoms with Gasteiger partial charge in [0.25, 0.3) is 5.56 Å². The van der Waals surface area contributed by atoms with Crippen LogP contribution in [-0.4, -0.2) is 4.74 Å². The molecule has 98 valence electrons. The first-order valence-electron chi connectivity index (χ1n) is 6.34. The fraction of sp³-hybridized carbons (Fsp3) is 0.786. The second kappa shape index (κ2) is 4.35. The van der Waals surface area contributed by atoms with Crippen LogP contribution >= 0.6 is 0 Å². The summed E-state index contributed by atoms with van der Waals surface area (Å²) in [6.45, 7) is 15.1. The molecule has 3 heteroatoms. The Balaban J connectivity index is 3.50. The maximum Gasteiger partial charge on any atom is 0.286 e. The van der Waals surface area contributed by atoms with Crippen LogP contribution in [0.5, 0.6) is 0 Å². The van der Waals surface area contributed by atoms with Gasteiger partial charge < -0.3 is 4.52 Å². The predicted octanol–water partition coefficient (Wildman–Crippen LogP) is 3.45. The third-order valence-electron chi connectivity index (χ3n) is 2.73. The summed E-state index contributed by atoms with van der Waals surface area (Å²) in [6, 6.07) is 0. The summed E-state index contributed by atoms with van der Waals surface area (Å²) in [7, 11) is 0. The van der Waals surface area contributed by atoms with E-state index in [1.807, 2.05) is 6.92 Å². The fourth-order valence-corrected chi connectivity index (χ4v) is 1.94. The van der Waals surface area contributed by atoms with E-state index in [1.54, 1.807) is 0 Å². The van der Waals surface area contributed by atoms with E-state index in [0.29, 0.717) is 6.54 Å². The van der Waals surface area contributed by atoms with Gasteiger partial charge in [-0.2, -0.15) is 4.74 Å².